The van der Waals surface area contributed by atoms with E-state index >= 15 is 0 Å². The van der Waals surface area contributed by atoms with E-state index in [9.17, 15) is 4.79 Å². The zero-order chi connectivity index (χ0) is 15.7. The summed E-state index contributed by atoms with van der Waals surface area (Å²) < 4.78 is 6.68. The molecule has 0 radical (unpaired) electrons. The highest BCUT2D eigenvalue weighted by atomic mass is 79.9. The maximum atomic E-state index is 12.4. The molecule has 1 heterocycles. The SMILES string of the molecule is Cc1c(C(C)NC(=O)c2ccccc2Br)oc2ccccc12. The van der Waals surface area contributed by atoms with Gasteiger partial charge in [-0.15, -0.1) is 0 Å². The van der Waals surface area contributed by atoms with Gasteiger partial charge in [0.25, 0.3) is 5.91 Å². The van der Waals surface area contributed by atoms with Gasteiger partial charge in [0.15, 0.2) is 0 Å². The first-order valence-corrected chi connectivity index (χ1v) is 7.90. The van der Waals surface area contributed by atoms with Crippen molar-refractivity contribution >= 4 is 32.8 Å². The Morgan fingerprint density at radius 2 is 1.82 bits per heavy atom. The maximum Gasteiger partial charge on any atom is 0.253 e. The van der Waals surface area contributed by atoms with Crippen LogP contribution in [0.2, 0.25) is 0 Å². The normalized spacial score (nSPS) is 12.3. The van der Waals surface area contributed by atoms with Crippen LogP contribution in [0.15, 0.2) is 57.4 Å². The molecule has 2 aromatic carbocycles. The molecule has 3 nitrogen and oxygen atoms in total. The Morgan fingerprint density at radius 1 is 1.14 bits per heavy atom. The molecule has 1 unspecified atom stereocenters. The lowest BCUT2D eigenvalue weighted by Gasteiger charge is -2.13. The number of nitrogens with one attached hydrogen (secondary N) is 1. The summed E-state index contributed by atoms with van der Waals surface area (Å²) in [6.45, 7) is 3.95. The first-order valence-electron chi connectivity index (χ1n) is 7.11. The number of hydrogen-bond donors (Lipinski definition) is 1. The Kier molecular flexibility index (Phi) is 4.03. The van der Waals surface area contributed by atoms with Crippen LogP contribution in [0.5, 0.6) is 0 Å². The number of halogens is 1. The summed E-state index contributed by atoms with van der Waals surface area (Å²) in [5, 5.41) is 4.08. The summed E-state index contributed by atoms with van der Waals surface area (Å²) in [5.74, 6) is 0.668. The summed E-state index contributed by atoms with van der Waals surface area (Å²) in [4.78, 5) is 12.4. The van der Waals surface area contributed by atoms with Crippen molar-refractivity contribution in [2.75, 3.05) is 0 Å². The summed E-state index contributed by atoms with van der Waals surface area (Å²) in [6.07, 6.45) is 0. The molecule has 0 spiro atoms. The molecular formula is C18H16BrNO2. The number of benzene rings is 2. The Bertz CT molecular complexity index is 838. The predicted molar refractivity (Wildman–Crippen MR) is 91.0 cm³/mol. The lowest BCUT2D eigenvalue weighted by Crippen LogP contribution is -2.27. The molecule has 3 aromatic rings. The third kappa shape index (κ3) is 2.66. The van der Waals surface area contributed by atoms with E-state index < -0.39 is 0 Å². The van der Waals surface area contributed by atoms with Gasteiger partial charge in [-0.1, -0.05) is 30.3 Å². The second kappa shape index (κ2) is 5.97. The Morgan fingerprint density at radius 3 is 2.55 bits per heavy atom. The number of furan rings is 1. The molecule has 0 aliphatic rings. The molecule has 1 atom stereocenters. The monoisotopic (exact) mass is 357 g/mol. The molecular weight excluding hydrogens is 342 g/mol. The second-order valence-electron chi connectivity index (χ2n) is 5.26. The van der Waals surface area contributed by atoms with Crippen LogP contribution in [0.1, 0.15) is 34.6 Å². The van der Waals surface area contributed by atoms with E-state index in [-0.39, 0.29) is 11.9 Å². The maximum absolute atomic E-state index is 12.4. The Hall–Kier alpha value is -2.07. The molecule has 1 amide bonds. The fourth-order valence-corrected chi connectivity index (χ4v) is 3.06. The van der Waals surface area contributed by atoms with Crippen molar-refractivity contribution in [3.8, 4) is 0 Å². The van der Waals surface area contributed by atoms with Crippen LogP contribution < -0.4 is 5.32 Å². The van der Waals surface area contributed by atoms with Gasteiger partial charge < -0.3 is 9.73 Å². The van der Waals surface area contributed by atoms with E-state index in [1.165, 1.54) is 0 Å². The van der Waals surface area contributed by atoms with Gasteiger partial charge >= 0.3 is 0 Å². The van der Waals surface area contributed by atoms with Crippen LogP contribution >= 0.6 is 15.9 Å². The first-order chi connectivity index (χ1) is 10.6. The summed E-state index contributed by atoms with van der Waals surface area (Å²) in [5.41, 5.74) is 2.52. The number of carbonyl (C=O) groups is 1. The van der Waals surface area contributed by atoms with Crippen molar-refractivity contribution in [3.63, 3.8) is 0 Å². The van der Waals surface area contributed by atoms with Crippen molar-refractivity contribution in [2.24, 2.45) is 0 Å². The highest BCUT2D eigenvalue weighted by Crippen LogP contribution is 2.29. The van der Waals surface area contributed by atoms with Gasteiger partial charge in [-0.05, 0) is 48.0 Å². The van der Waals surface area contributed by atoms with Gasteiger partial charge in [-0.2, -0.15) is 0 Å². The number of para-hydroxylation sites is 1. The van der Waals surface area contributed by atoms with E-state index in [4.69, 9.17) is 4.42 Å². The molecule has 0 saturated heterocycles. The van der Waals surface area contributed by atoms with Gasteiger partial charge in [-0.3, -0.25) is 4.79 Å². The lowest BCUT2D eigenvalue weighted by molar-refractivity contribution is 0.0935. The number of hydrogen-bond acceptors (Lipinski definition) is 2. The number of rotatable bonds is 3. The van der Waals surface area contributed by atoms with Crippen molar-refractivity contribution in [3.05, 3.63) is 69.9 Å². The number of amides is 1. The van der Waals surface area contributed by atoms with E-state index in [0.29, 0.717) is 5.56 Å². The highest BCUT2D eigenvalue weighted by molar-refractivity contribution is 9.10. The molecule has 0 saturated carbocycles. The summed E-state index contributed by atoms with van der Waals surface area (Å²) >= 11 is 3.40. The zero-order valence-electron chi connectivity index (χ0n) is 12.4. The van der Waals surface area contributed by atoms with Crippen LogP contribution in [-0.2, 0) is 0 Å². The number of aryl methyl sites for hydroxylation is 1. The summed E-state index contributed by atoms with van der Waals surface area (Å²) in [6, 6.07) is 15.1. The van der Waals surface area contributed by atoms with Crippen molar-refractivity contribution < 1.29 is 9.21 Å². The van der Waals surface area contributed by atoms with Crippen LogP contribution in [-0.4, -0.2) is 5.91 Å². The predicted octanol–water partition coefficient (Wildman–Crippen LogP) is 4.99. The van der Waals surface area contributed by atoms with Gasteiger partial charge in [-0.25, -0.2) is 0 Å². The van der Waals surface area contributed by atoms with Crippen molar-refractivity contribution in [1.29, 1.82) is 0 Å². The van der Waals surface area contributed by atoms with Crippen LogP contribution in [0.25, 0.3) is 11.0 Å². The molecule has 1 aromatic heterocycles. The molecule has 0 fully saturated rings. The largest absolute Gasteiger partial charge is 0.459 e. The smallest absolute Gasteiger partial charge is 0.253 e. The van der Waals surface area contributed by atoms with E-state index in [0.717, 1.165) is 26.8 Å². The fourth-order valence-electron chi connectivity index (χ4n) is 2.59. The van der Waals surface area contributed by atoms with Gasteiger partial charge in [0.2, 0.25) is 0 Å². The molecule has 0 aliphatic carbocycles. The van der Waals surface area contributed by atoms with Crippen LogP contribution in [0.4, 0.5) is 0 Å². The summed E-state index contributed by atoms with van der Waals surface area (Å²) in [7, 11) is 0. The van der Waals surface area contributed by atoms with Crippen molar-refractivity contribution in [2.45, 2.75) is 19.9 Å². The number of fused-ring (bicyclic) bond motifs is 1. The van der Waals surface area contributed by atoms with E-state index in [1.807, 2.05) is 56.3 Å². The standard InChI is InChI=1S/C18H16BrNO2/c1-11-13-7-4-6-10-16(13)22-17(11)12(2)20-18(21)14-8-3-5-9-15(14)19/h3-10,12H,1-2H3,(H,20,21). The van der Waals surface area contributed by atoms with Crippen LogP contribution in [0.3, 0.4) is 0 Å². The molecule has 112 valence electrons. The Labute approximate surface area is 137 Å². The van der Waals surface area contributed by atoms with Gasteiger partial charge in [0.1, 0.15) is 11.3 Å². The number of carbonyl (C=O) groups excluding carboxylic acids is 1. The minimum absolute atomic E-state index is 0.125. The molecule has 0 aliphatic heterocycles. The van der Waals surface area contributed by atoms with Gasteiger partial charge in [0.05, 0.1) is 11.6 Å². The average molecular weight is 358 g/mol. The van der Waals surface area contributed by atoms with E-state index in [2.05, 4.69) is 21.2 Å². The molecule has 22 heavy (non-hydrogen) atoms. The topological polar surface area (TPSA) is 42.2 Å². The Balaban J connectivity index is 1.87. The third-order valence-electron chi connectivity index (χ3n) is 3.74. The zero-order valence-corrected chi connectivity index (χ0v) is 14.0. The minimum atomic E-state index is -0.202. The molecule has 4 heteroatoms. The average Bonchev–Trinajstić information content (AvgIpc) is 2.85. The van der Waals surface area contributed by atoms with E-state index in [1.54, 1.807) is 6.07 Å². The van der Waals surface area contributed by atoms with Crippen molar-refractivity contribution in [1.82, 2.24) is 5.32 Å². The highest BCUT2D eigenvalue weighted by Gasteiger charge is 2.19. The molecule has 0 bridgehead atoms. The fraction of sp³-hybridized carbons (Fsp3) is 0.167. The van der Waals surface area contributed by atoms with Gasteiger partial charge in [0, 0.05) is 15.4 Å². The second-order valence-corrected chi connectivity index (χ2v) is 6.12. The molecule has 3 rings (SSSR count). The molecule has 1 N–H and O–H groups in total. The third-order valence-corrected chi connectivity index (χ3v) is 4.43. The lowest BCUT2D eigenvalue weighted by atomic mass is 10.1. The van der Waals surface area contributed by atoms with Crippen LogP contribution in [0, 0.1) is 6.92 Å². The minimum Gasteiger partial charge on any atom is -0.459 e. The first kappa shape index (κ1) is 14.9. The quantitative estimate of drug-likeness (QED) is 0.716.